The van der Waals surface area contributed by atoms with Gasteiger partial charge in [0.1, 0.15) is 17.9 Å². The average molecular weight is 465 g/mol. The van der Waals surface area contributed by atoms with Crippen LogP contribution < -0.4 is 11.1 Å². The van der Waals surface area contributed by atoms with E-state index in [9.17, 15) is 32.8 Å². The van der Waals surface area contributed by atoms with Crippen LogP contribution in [-0.2, 0) is 20.8 Å². The fraction of sp³-hybridized carbons (Fsp3) is 0.545. The van der Waals surface area contributed by atoms with Gasteiger partial charge in [-0.3, -0.25) is 14.4 Å². The number of hydrogen-bond donors (Lipinski definition) is 2. The number of hydrogen-bond acceptors (Lipinski definition) is 5. The lowest BCUT2D eigenvalue weighted by atomic mass is 10.0. The summed E-state index contributed by atoms with van der Waals surface area (Å²) in [5.41, 5.74) is 5.21. The monoisotopic (exact) mass is 465 g/mol. The second kappa shape index (κ2) is 10.7. The molecular formula is C22H26F3N5O3. The van der Waals surface area contributed by atoms with Crippen molar-refractivity contribution in [2.24, 2.45) is 5.73 Å². The minimum Gasteiger partial charge on any atom is -0.351 e. The van der Waals surface area contributed by atoms with Gasteiger partial charge in [0.25, 0.3) is 0 Å². The summed E-state index contributed by atoms with van der Waals surface area (Å²) in [6.07, 6.45) is 1.67. The molecule has 2 saturated heterocycles. The maximum atomic E-state index is 14.3. The Kier molecular flexibility index (Phi) is 7.92. The number of likely N-dealkylation sites (tertiary alicyclic amines) is 2. The summed E-state index contributed by atoms with van der Waals surface area (Å²) in [5, 5.41) is 11.9. The lowest BCUT2D eigenvalue weighted by Crippen LogP contribution is -2.51. The third-order valence-corrected chi connectivity index (χ3v) is 6.10. The molecule has 3 rings (SSSR count). The number of nitrogens with zero attached hydrogens (tertiary/aromatic N) is 3. The minimum absolute atomic E-state index is 0.202. The zero-order valence-corrected chi connectivity index (χ0v) is 18.0. The number of nitrogens with one attached hydrogen (secondary N) is 1. The molecule has 3 amide bonds. The number of benzene rings is 1. The van der Waals surface area contributed by atoms with E-state index in [1.54, 1.807) is 0 Å². The first-order chi connectivity index (χ1) is 15.7. The van der Waals surface area contributed by atoms with Crippen molar-refractivity contribution >= 4 is 17.7 Å². The van der Waals surface area contributed by atoms with Crippen LogP contribution >= 0.6 is 0 Å². The molecular weight excluding hydrogens is 439 g/mol. The fourth-order valence-corrected chi connectivity index (χ4v) is 4.44. The van der Waals surface area contributed by atoms with Crippen LogP contribution in [0.3, 0.4) is 0 Å². The Bertz CT molecular complexity index is 967. The quantitative estimate of drug-likeness (QED) is 0.582. The molecule has 2 aliphatic rings. The summed E-state index contributed by atoms with van der Waals surface area (Å²) in [6, 6.07) is 0.845. The number of rotatable bonds is 7. The Hall–Kier alpha value is -3.13. The van der Waals surface area contributed by atoms with Gasteiger partial charge in [-0.1, -0.05) is 0 Å². The zero-order valence-electron chi connectivity index (χ0n) is 18.0. The number of carbonyl (C=O) groups excluding carboxylic acids is 3. The maximum Gasteiger partial charge on any atom is 0.243 e. The minimum atomic E-state index is -1.34. The number of nitriles is 1. The van der Waals surface area contributed by atoms with Crippen molar-refractivity contribution in [3.05, 3.63) is 35.1 Å². The highest BCUT2D eigenvalue weighted by molar-refractivity contribution is 5.89. The zero-order chi connectivity index (χ0) is 24.1. The predicted molar refractivity (Wildman–Crippen MR) is 111 cm³/mol. The van der Waals surface area contributed by atoms with Gasteiger partial charge >= 0.3 is 0 Å². The van der Waals surface area contributed by atoms with Gasteiger partial charge in [-0.25, -0.2) is 13.2 Å². The van der Waals surface area contributed by atoms with Crippen LogP contribution in [-0.4, -0.2) is 65.3 Å². The van der Waals surface area contributed by atoms with Gasteiger partial charge in [-0.15, -0.1) is 0 Å². The Morgan fingerprint density at radius 1 is 1.06 bits per heavy atom. The van der Waals surface area contributed by atoms with E-state index in [0.717, 1.165) is 0 Å². The third kappa shape index (κ3) is 5.63. The first-order valence-electron chi connectivity index (χ1n) is 10.9. The first kappa shape index (κ1) is 24.5. The maximum absolute atomic E-state index is 14.3. The molecule has 2 fully saturated rings. The summed E-state index contributed by atoms with van der Waals surface area (Å²) in [7, 11) is 0. The molecule has 0 aliphatic carbocycles. The lowest BCUT2D eigenvalue weighted by molar-refractivity contribution is -0.138. The van der Waals surface area contributed by atoms with Crippen LogP contribution in [0.1, 0.15) is 37.7 Å². The van der Waals surface area contributed by atoms with Crippen LogP contribution in [0.5, 0.6) is 0 Å². The van der Waals surface area contributed by atoms with Crippen LogP contribution in [0.2, 0.25) is 0 Å². The van der Waals surface area contributed by atoms with Crippen molar-refractivity contribution in [3.63, 3.8) is 0 Å². The van der Waals surface area contributed by atoms with Crippen LogP contribution in [0.15, 0.2) is 12.1 Å². The second-order valence-electron chi connectivity index (χ2n) is 8.30. The second-order valence-corrected chi connectivity index (χ2v) is 8.30. The van der Waals surface area contributed by atoms with Crippen LogP contribution in [0.25, 0.3) is 0 Å². The van der Waals surface area contributed by atoms with E-state index in [0.29, 0.717) is 50.9 Å². The van der Waals surface area contributed by atoms with Crippen LogP contribution in [0, 0.1) is 28.8 Å². The fourth-order valence-electron chi connectivity index (χ4n) is 4.44. The van der Waals surface area contributed by atoms with Crippen LogP contribution in [0.4, 0.5) is 13.2 Å². The molecule has 0 spiro atoms. The summed E-state index contributed by atoms with van der Waals surface area (Å²) in [4.78, 5) is 40.6. The van der Waals surface area contributed by atoms with Gasteiger partial charge in [-0.05, 0) is 43.7 Å². The molecule has 178 valence electrons. The molecule has 3 N–H and O–H groups in total. The van der Waals surface area contributed by atoms with E-state index in [1.165, 1.54) is 9.80 Å². The molecule has 2 aliphatic heterocycles. The molecule has 33 heavy (non-hydrogen) atoms. The van der Waals surface area contributed by atoms with Crippen molar-refractivity contribution < 1.29 is 27.6 Å². The number of halogens is 3. The average Bonchev–Trinajstić information content (AvgIpc) is 3.46. The van der Waals surface area contributed by atoms with E-state index in [-0.39, 0.29) is 30.9 Å². The van der Waals surface area contributed by atoms with E-state index in [1.807, 2.05) is 0 Å². The van der Waals surface area contributed by atoms with Crippen molar-refractivity contribution in [3.8, 4) is 6.07 Å². The highest BCUT2D eigenvalue weighted by Gasteiger charge is 2.36. The van der Waals surface area contributed by atoms with E-state index >= 15 is 0 Å². The van der Waals surface area contributed by atoms with Crippen molar-refractivity contribution in [2.75, 3.05) is 19.6 Å². The molecule has 0 bridgehead atoms. The number of amides is 3. The van der Waals surface area contributed by atoms with E-state index in [4.69, 9.17) is 5.73 Å². The van der Waals surface area contributed by atoms with Gasteiger partial charge in [0, 0.05) is 31.6 Å². The predicted octanol–water partition coefficient (Wildman–Crippen LogP) is 0.986. The normalized spacial score (nSPS) is 21.1. The SMILES string of the molecule is N#CC1CCCN1C(=O)C[C@@H](Cc1cc(F)c(F)cc1F)NC(=O)C1CCCN1C(=O)CN. The topological polar surface area (TPSA) is 120 Å². The number of carbonyl (C=O) groups is 3. The summed E-state index contributed by atoms with van der Waals surface area (Å²) >= 11 is 0. The molecule has 8 nitrogen and oxygen atoms in total. The van der Waals surface area contributed by atoms with Crippen molar-refractivity contribution in [1.29, 1.82) is 5.26 Å². The molecule has 0 aromatic heterocycles. The van der Waals surface area contributed by atoms with E-state index < -0.39 is 47.4 Å². The molecule has 11 heteroatoms. The van der Waals surface area contributed by atoms with Gasteiger partial charge in [-0.2, -0.15) is 5.26 Å². The van der Waals surface area contributed by atoms with Gasteiger partial charge in [0.05, 0.1) is 12.6 Å². The highest BCUT2D eigenvalue weighted by atomic mass is 19.2. The molecule has 0 saturated carbocycles. The lowest BCUT2D eigenvalue weighted by Gasteiger charge is -2.28. The van der Waals surface area contributed by atoms with E-state index in [2.05, 4.69) is 11.4 Å². The molecule has 2 heterocycles. The Morgan fingerprint density at radius 2 is 1.73 bits per heavy atom. The first-order valence-corrected chi connectivity index (χ1v) is 10.9. The van der Waals surface area contributed by atoms with Gasteiger partial charge in [0.15, 0.2) is 11.6 Å². The Morgan fingerprint density at radius 3 is 2.42 bits per heavy atom. The molecule has 1 aromatic carbocycles. The van der Waals surface area contributed by atoms with Gasteiger partial charge in [0.2, 0.25) is 17.7 Å². The highest BCUT2D eigenvalue weighted by Crippen LogP contribution is 2.22. The number of nitrogens with two attached hydrogens (primary N) is 1. The smallest absolute Gasteiger partial charge is 0.243 e. The molecule has 2 unspecified atom stereocenters. The summed E-state index contributed by atoms with van der Waals surface area (Å²) in [5.74, 6) is -4.92. The van der Waals surface area contributed by atoms with Crippen molar-refractivity contribution in [1.82, 2.24) is 15.1 Å². The third-order valence-electron chi connectivity index (χ3n) is 6.10. The molecule has 3 atom stereocenters. The Balaban J connectivity index is 1.80. The molecule has 1 aromatic rings. The largest absolute Gasteiger partial charge is 0.351 e. The Labute approximate surface area is 189 Å². The standard InChI is InChI=1S/C22H26F3N5O3/c23-16-10-18(25)17(24)8-13(16)7-14(9-20(31)29-5-1-3-15(29)11-26)28-22(33)19-4-2-6-30(19)21(32)12-27/h8,10,14-15,19H,1-7,9,12,27H2,(H,28,33)/t14-,15?,19?/m1/s1. The molecule has 0 radical (unpaired) electrons. The van der Waals surface area contributed by atoms with Gasteiger partial charge < -0.3 is 20.9 Å². The van der Waals surface area contributed by atoms with Crippen molar-refractivity contribution in [2.45, 2.75) is 56.7 Å². The summed E-state index contributed by atoms with van der Waals surface area (Å²) in [6.45, 7) is 0.502. The summed E-state index contributed by atoms with van der Waals surface area (Å²) < 4.78 is 41.3.